The molecule has 1 heterocycles. The van der Waals surface area contributed by atoms with Gasteiger partial charge in [-0.25, -0.2) is 19.4 Å². The number of nitrogens with one attached hydrogen (secondary N) is 3. The number of aliphatic carboxylic acids is 1. The number of hydrogen-bond acceptors (Lipinski definition) is 7. The number of amidine groups is 1. The van der Waals surface area contributed by atoms with E-state index < -0.39 is 48.0 Å². The number of nitrogens with two attached hydrogens (primary N) is 1. The molecule has 0 aliphatic carbocycles. The van der Waals surface area contributed by atoms with E-state index in [2.05, 4.69) is 10.6 Å². The minimum atomic E-state index is -1.70. The number of alkyl carbamates (subject to hydrolysis) is 1. The lowest BCUT2D eigenvalue weighted by atomic mass is 9.91. The van der Waals surface area contributed by atoms with Gasteiger partial charge < -0.3 is 26.2 Å². The highest BCUT2D eigenvalue weighted by molar-refractivity contribution is 6.08. The zero-order chi connectivity index (χ0) is 27.3. The maximum atomic E-state index is 13.4. The molecule has 1 aliphatic heterocycles. The zero-order valence-corrected chi connectivity index (χ0v) is 20.1. The fraction of sp³-hybridized carbons (Fsp3) is 0.250. The van der Waals surface area contributed by atoms with E-state index in [1.165, 1.54) is 31.2 Å². The molecule has 194 valence electrons. The molecule has 1 saturated heterocycles. The van der Waals surface area contributed by atoms with Crippen LogP contribution in [0.2, 0.25) is 0 Å². The topological polar surface area (TPSA) is 195 Å². The number of nitrogens with zero attached hydrogens (tertiary/aromatic N) is 2. The Morgan fingerprint density at radius 2 is 1.78 bits per heavy atom. The third-order valence-electron chi connectivity index (χ3n) is 5.71. The second-order valence-corrected chi connectivity index (χ2v) is 8.36. The lowest BCUT2D eigenvalue weighted by Crippen LogP contribution is -2.57. The molecule has 0 aromatic heterocycles. The molecule has 5 amide bonds. The van der Waals surface area contributed by atoms with Crippen molar-refractivity contribution in [3.63, 3.8) is 0 Å². The van der Waals surface area contributed by atoms with E-state index in [0.717, 1.165) is 6.92 Å². The summed E-state index contributed by atoms with van der Waals surface area (Å²) in [6.07, 6.45) is -1.06. The van der Waals surface area contributed by atoms with E-state index in [0.29, 0.717) is 26.7 Å². The van der Waals surface area contributed by atoms with Crippen LogP contribution in [0, 0.1) is 5.41 Å². The lowest BCUT2D eigenvalue weighted by Gasteiger charge is -2.31. The number of hydrazine groups is 1. The summed E-state index contributed by atoms with van der Waals surface area (Å²) < 4.78 is 5.04. The molecule has 2 atom stereocenters. The number of imide groups is 1. The summed E-state index contributed by atoms with van der Waals surface area (Å²) in [5, 5.41) is 22.9. The first-order valence-corrected chi connectivity index (χ1v) is 11.0. The minimum absolute atomic E-state index is 0.122. The van der Waals surface area contributed by atoms with Gasteiger partial charge in [-0.3, -0.25) is 15.0 Å². The second-order valence-electron chi connectivity index (χ2n) is 8.36. The molecule has 3 rings (SSSR count). The Hall–Kier alpha value is -4.94. The molecule has 0 spiro atoms. The van der Waals surface area contributed by atoms with Gasteiger partial charge in [0.05, 0.1) is 6.54 Å². The van der Waals surface area contributed by atoms with E-state index in [9.17, 15) is 29.1 Å². The Labute approximate surface area is 211 Å². The summed E-state index contributed by atoms with van der Waals surface area (Å²) in [6.45, 7) is 1.61. The first-order valence-electron chi connectivity index (χ1n) is 11.0. The fourth-order valence-corrected chi connectivity index (χ4v) is 3.64. The van der Waals surface area contributed by atoms with Crippen LogP contribution >= 0.6 is 0 Å². The molecule has 1 fully saturated rings. The average molecular weight is 511 g/mol. The number of benzene rings is 2. The van der Waals surface area contributed by atoms with Crippen LogP contribution in [0.5, 0.6) is 0 Å². The molecule has 2 unspecified atom stereocenters. The Kier molecular flexibility index (Phi) is 7.76. The van der Waals surface area contributed by atoms with Gasteiger partial charge in [0.2, 0.25) is 5.91 Å². The van der Waals surface area contributed by atoms with Crippen LogP contribution in [-0.4, -0.2) is 63.5 Å². The van der Waals surface area contributed by atoms with E-state index in [4.69, 9.17) is 15.9 Å². The van der Waals surface area contributed by atoms with Crippen LogP contribution in [0.4, 0.5) is 9.59 Å². The predicted octanol–water partition coefficient (Wildman–Crippen LogP) is 0.881. The van der Waals surface area contributed by atoms with Gasteiger partial charge in [-0.1, -0.05) is 54.6 Å². The van der Waals surface area contributed by atoms with Gasteiger partial charge in [0, 0.05) is 12.5 Å². The number of urea groups is 1. The van der Waals surface area contributed by atoms with Crippen LogP contribution in [0.3, 0.4) is 0 Å². The SMILES string of the molecule is CC(=O)N(CC(NC(=O)OCc1ccccc1)C(=O)O)N1C(=O)NC(C)(c2ccc(C(=N)N)cc2)C1=O. The number of amides is 5. The summed E-state index contributed by atoms with van der Waals surface area (Å²) in [5.41, 5.74) is 5.28. The summed E-state index contributed by atoms with van der Waals surface area (Å²) in [4.78, 5) is 62.6. The van der Waals surface area contributed by atoms with Gasteiger partial charge in [0.1, 0.15) is 24.0 Å². The van der Waals surface area contributed by atoms with Crippen molar-refractivity contribution in [3.8, 4) is 0 Å². The van der Waals surface area contributed by atoms with Crippen LogP contribution in [-0.2, 0) is 31.3 Å². The maximum absolute atomic E-state index is 13.4. The molecule has 0 radical (unpaired) electrons. The zero-order valence-electron chi connectivity index (χ0n) is 20.1. The molecule has 13 heteroatoms. The number of carboxylic acids is 1. The van der Waals surface area contributed by atoms with Gasteiger partial charge in [0.25, 0.3) is 5.91 Å². The monoisotopic (exact) mass is 510 g/mol. The van der Waals surface area contributed by atoms with Crippen LogP contribution in [0.25, 0.3) is 0 Å². The maximum Gasteiger partial charge on any atom is 0.408 e. The standard InChI is InChI=1S/C24H26N6O7/c1-14(31)29(12-18(20(32)33)27-23(36)37-13-15-6-4-3-5-7-15)30-21(34)24(2,28-22(30)35)17-10-8-16(9-11-17)19(25)26/h3-11,18H,12-13H2,1-2H3,(H3,25,26)(H,27,36)(H,28,35)(H,32,33). The van der Waals surface area contributed by atoms with Crippen molar-refractivity contribution >= 4 is 35.7 Å². The van der Waals surface area contributed by atoms with Crippen molar-refractivity contribution in [1.82, 2.24) is 20.7 Å². The number of rotatable bonds is 9. The highest BCUT2D eigenvalue weighted by Crippen LogP contribution is 2.30. The van der Waals surface area contributed by atoms with Crippen molar-refractivity contribution in [2.45, 2.75) is 32.0 Å². The van der Waals surface area contributed by atoms with Gasteiger partial charge in [-0.2, -0.15) is 5.01 Å². The number of carboxylic acid groups (broad SMARTS) is 1. The van der Waals surface area contributed by atoms with Gasteiger partial charge in [0.15, 0.2) is 0 Å². The second kappa shape index (κ2) is 10.8. The van der Waals surface area contributed by atoms with E-state index >= 15 is 0 Å². The quantitative estimate of drug-likeness (QED) is 0.186. The van der Waals surface area contributed by atoms with Crippen molar-refractivity contribution in [2.75, 3.05) is 6.54 Å². The molecule has 2 aromatic carbocycles. The lowest BCUT2D eigenvalue weighted by molar-refractivity contribution is -0.158. The third-order valence-corrected chi connectivity index (χ3v) is 5.71. The average Bonchev–Trinajstić information content (AvgIpc) is 3.09. The Balaban J connectivity index is 1.77. The minimum Gasteiger partial charge on any atom is -0.480 e. The molecular formula is C24H26N6O7. The number of nitrogen functional groups attached to an aromatic ring is 1. The van der Waals surface area contributed by atoms with Gasteiger partial charge in [-0.15, -0.1) is 0 Å². The van der Waals surface area contributed by atoms with Crippen molar-refractivity contribution in [1.29, 1.82) is 5.41 Å². The molecule has 1 aliphatic rings. The van der Waals surface area contributed by atoms with Crippen LogP contribution in [0.15, 0.2) is 54.6 Å². The first-order chi connectivity index (χ1) is 17.4. The fourth-order valence-electron chi connectivity index (χ4n) is 3.64. The number of carbonyl (C=O) groups excluding carboxylic acids is 4. The molecule has 0 saturated carbocycles. The van der Waals surface area contributed by atoms with Crippen molar-refractivity contribution in [3.05, 3.63) is 71.3 Å². The first kappa shape index (κ1) is 26.7. The molecule has 6 N–H and O–H groups in total. The summed E-state index contributed by atoms with van der Waals surface area (Å²) in [5.74, 6) is -3.36. The smallest absolute Gasteiger partial charge is 0.408 e. The van der Waals surface area contributed by atoms with E-state index in [-0.39, 0.29) is 12.4 Å². The normalized spacial score (nSPS) is 17.5. The highest BCUT2D eigenvalue weighted by atomic mass is 16.5. The van der Waals surface area contributed by atoms with Crippen molar-refractivity contribution < 1.29 is 33.8 Å². The van der Waals surface area contributed by atoms with Crippen LogP contribution in [0.1, 0.15) is 30.5 Å². The number of ether oxygens (including phenoxy) is 1. The van der Waals surface area contributed by atoms with Crippen LogP contribution < -0.4 is 16.4 Å². The summed E-state index contributed by atoms with van der Waals surface area (Å²) in [6, 6.07) is 12.0. The predicted molar refractivity (Wildman–Crippen MR) is 129 cm³/mol. The molecule has 0 bridgehead atoms. The van der Waals surface area contributed by atoms with E-state index in [1.54, 1.807) is 30.3 Å². The van der Waals surface area contributed by atoms with Crippen molar-refractivity contribution in [2.24, 2.45) is 5.73 Å². The molecule has 13 nitrogen and oxygen atoms in total. The number of carbonyl (C=O) groups is 5. The largest absolute Gasteiger partial charge is 0.480 e. The third kappa shape index (κ3) is 5.83. The Morgan fingerprint density at radius 3 is 2.32 bits per heavy atom. The van der Waals surface area contributed by atoms with Gasteiger partial charge >= 0.3 is 18.1 Å². The summed E-state index contributed by atoms with van der Waals surface area (Å²) >= 11 is 0. The van der Waals surface area contributed by atoms with Gasteiger partial charge in [-0.05, 0) is 18.1 Å². The highest BCUT2D eigenvalue weighted by Gasteiger charge is 2.52. The number of hydrogen-bond donors (Lipinski definition) is 5. The molecular weight excluding hydrogens is 484 g/mol. The Morgan fingerprint density at radius 1 is 1.16 bits per heavy atom. The molecule has 37 heavy (non-hydrogen) atoms. The van der Waals surface area contributed by atoms with E-state index in [1.807, 2.05) is 0 Å². The molecule has 2 aromatic rings. The summed E-state index contributed by atoms with van der Waals surface area (Å²) in [7, 11) is 0. The Bertz CT molecular complexity index is 1230.